The van der Waals surface area contributed by atoms with E-state index in [2.05, 4.69) is 35.5 Å². The molecule has 0 atom stereocenters. The molecular weight excluding hydrogens is 238 g/mol. The van der Waals surface area contributed by atoms with Crippen LogP contribution in [0.2, 0.25) is 0 Å². The maximum Gasteiger partial charge on any atom is 0.0992 e. The van der Waals surface area contributed by atoms with Gasteiger partial charge in [0.15, 0.2) is 0 Å². The molecular formula is C14H17N5. The van der Waals surface area contributed by atoms with Crippen LogP contribution in [0.25, 0.3) is 5.69 Å². The van der Waals surface area contributed by atoms with Crippen LogP contribution in [0.15, 0.2) is 30.5 Å². The summed E-state index contributed by atoms with van der Waals surface area (Å²) in [4.78, 5) is 0. The average molecular weight is 255 g/mol. The minimum Gasteiger partial charge on any atom is -0.311 e. The fourth-order valence-corrected chi connectivity index (χ4v) is 1.79. The van der Waals surface area contributed by atoms with E-state index in [-0.39, 0.29) is 0 Å². The van der Waals surface area contributed by atoms with E-state index >= 15 is 0 Å². The number of nitrogens with one attached hydrogen (secondary N) is 1. The summed E-state index contributed by atoms with van der Waals surface area (Å²) in [7, 11) is 0. The molecule has 1 N–H and O–H groups in total. The van der Waals surface area contributed by atoms with Crippen LogP contribution in [0.4, 0.5) is 0 Å². The van der Waals surface area contributed by atoms with Crippen LogP contribution in [-0.2, 0) is 6.54 Å². The van der Waals surface area contributed by atoms with Gasteiger partial charge in [-0.15, -0.1) is 5.10 Å². The minimum atomic E-state index is 0.603. The van der Waals surface area contributed by atoms with E-state index in [4.69, 9.17) is 5.26 Å². The lowest BCUT2D eigenvalue weighted by molar-refractivity contribution is 0.542. The number of nitriles is 1. The normalized spacial score (nSPS) is 10.6. The zero-order valence-electron chi connectivity index (χ0n) is 11.2. The maximum absolute atomic E-state index is 8.92. The second kappa shape index (κ2) is 6.12. The second-order valence-corrected chi connectivity index (χ2v) is 4.82. The van der Waals surface area contributed by atoms with Crippen LogP contribution >= 0.6 is 0 Å². The van der Waals surface area contributed by atoms with Crippen LogP contribution < -0.4 is 5.32 Å². The molecule has 0 saturated carbocycles. The van der Waals surface area contributed by atoms with Crippen molar-refractivity contribution in [3.63, 3.8) is 0 Å². The molecule has 5 nitrogen and oxygen atoms in total. The summed E-state index contributed by atoms with van der Waals surface area (Å²) in [5.41, 5.74) is 2.46. The van der Waals surface area contributed by atoms with E-state index in [1.165, 1.54) is 0 Å². The Kier molecular flexibility index (Phi) is 4.26. The average Bonchev–Trinajstić information content (AvgIpc) is 2.87. The first kappa shape index (κ1) is 13.2. The van der Waals surface area contributed by atoms with Crippen molar-refractivity contribution in [3.8, 4) is 11.8 Å². The Hall–Kier alpha value is -2.19. The molecule has 5 heteroatoms. The molecule has 1 aromatic heterocycles. The summed E-state index contributed by atoms with van der Waals surface area (Å²) in [6, 6.07) is 9.48. The number of hydrogen-bond acceptors (Lipinski definition) is 4. The fraction of sp³-hybridized carbons (Fsp3) is 0.357. The molecule has 0 amide bonds. The summed E-state index contributed by atoms with van der Waals surface area (Å²) < 4.78 is 1.76. The third-order valence-corrected chi connectivity index (χ3v) is 2.70. The van der Waals surface area contributed by atoms with Gasteiger partial charge >= 0.3 is 0 Å². The van der Waals surface area contributed by atoms with Crippen molar-refractivity contribution in [3.05, 3.63) is 41.7 Å². The van der Waals surface area contributed by atoms with Gasteiger partial charge in [0.2, 0.25) is 0 Å². The summed E-state index contributed by atoms with van der Waals surface area (Å²) in [6.45, 7) is 5.99. The topological polar surface area (TPSA) is 66.5 Å². The van der Waals surface area contributed by atoms with E-state index in [0.29, 0.717) is 18.0 Å². The van der Waals surface area contributed by atoms with Crippen LogP contribution in [0.1, 0.15) is 25.1 Å². The van der Waals surface area contributed by atoms with Crippen molar-refractivity contribution >= 4 is 0 Å². The number of nitrogens with zero attached hydrogens (tertiary/aromatic N) is 4. The van der Waals surface area contributed by atoms with Gasteiger partial charge in [-0.05, 0) is 30.7 Å². The Bertz CT molecular complexity index is 580. The third-order valence-electron chi connectivity index (χ3n) is 2.70. The number of rotatable bonds is 5. The van der Waals surface area contributed by atoms with Crippen molar-refractivity contribution in [2.45, 2.75) is 20.4 Å². The van der Waals surface area contributed by atoms with Gasteiger partial charge in [0.1, 0.15) is 0 Å². The van der Waals surface area contributed by atoms with Crippen molar-refractivity contribution in [2.24, 2.45) is 5.92 Å². The molecule has 0 aliphatic heterocycles. The van der Waals surface area contributed by atoms with Crippen molar-refractivity contribution in [2.75, 3.05) is 6.54 Å². The highest BCUT2D eigenvalue weighted by Gasteiger charge is 2.06. The second-order valence-electron chi connectivity index (χ2n) is 4.82. The predicted octanol–water partition coefficient (Wildman–Crippen LogP) is 1.88. The predicted molar refractivity (Wildman–Crippen MR) is 72.6 cm³/mol. The first-order valence-electron chi connectivity index (χ1n) is 6.31. The number of aromatic nitrogens is 3. The molecule has 1 aromatic carbocycles. The van der Waals surface area contributed by atoms with Gasteiger partial charge < -0.3 is 5.32 Å². The number of hydrogen-bond donors (Lipinski definition) is 1. The molecule has 19 heavy (non-hydrogen) atoms. The molecule has 0 saturated heterocycles. The molecule has 0 bridgehead atoms. The van der Waals surface area contributed by atoms with Gasteiger partial charge in [-0.1, -0.05) is 25.1 Å². The Morgan fingerprint density at radius 3 is 3.00 bits per heavy atom. The summed E-state index contributed by atoms with van der Waals surface area (Å²) >= 11 is 0. The van der Waals surface area contributed by atoms with E-state index in [1.54, 1.807) is 23.0 Å². The van der Waals surface area contributed by atoms with Gasteiger partial charge in [-0.25, -0.2) is 4.68 Å². The van der Waals surface area contributed by atoms with E-state index in [0.717, 1.165) is 17.9 Å². The minimum absolute atomic E-state index is 0.603. The maximum atomic E-state index is 8.92. The molecule has 0 unspecified atom stereocenters. The SMILES string of the molecule is CC(C)CNCc1cnnn1-c1cccc(C#N)c1. The van der Waals surface area contributed by atoms with Crippen molar-refractivity contribution in [1.82, 2.24) is 20.3 Å². The molecule has 2 rings (SSSR count). The lowest BCUT2D eigenvalue weighted by Gasteiger charge is -2.09. The van der Waals surface area contributed by atoms with Gasteiger partial charge in [0.25, 0.3) is 0 Å². The Morgan fingerprint density at radius 1 is 1.42 bits per heavy atom. The first-order valence-corrected chi connectivity index (χ1v) is 6.31. The lowest BCUT2D eigenvalue weighted by Crippen LogP contribution is -2.20. The van der Waals surface area contributed by atoms with Gasteiger partial charge in [0, 0.05) is 6.54 Å². The lowest BCUT2D eigenvalue weighted by atomic mass is 10.2. The number of benzene rings is 1. The largest absolute Gasteiger partial charge is 0.311 e. The molecule has 98 valence electrons. The zero-order valence-corrected chi connectivity index (χ0v) is 11.2. The molecule has 0 aliphatic carbocycles. The fourth-order valence-electron chi connectivity index (χ4n) is 1.79. The summed E-state index contributed by atoms with van der Waals surface area (Å²) in [5.74, 6) is 0.603. The quantitative estimate of drug-likeness (QED) is 0.886. The van der Waals surface area contributed by atoms with Gasteiger partial charge in [-0.3, -0.25) is 0 Å². The highest BCUT2D eigenvalue weighted by atomic mass is 15.4. The van der Waals surface area contributed by atoms with Gasteiger partial charge in [0.05, 0.1) is 29.2 Å². The Labute approximate surface area is 112 Å². The first-order chi connectivity index (χ1) is 9.20. The van der Waals surface area contributed by atoms with Crippen LogP contribution in [0.3, 0.4) is 0 Å². The van der Waals surface area contributed by atoms with Crippen LogP contribution in [-0.4, -0.2) is 21.5 Å². The summed E-state index contributed by atoms with van der Waals surface area (Å²) in [5, 5.41) is 20.3. The highest BCUT2D eigenvalue weighted by molar-refractivity contribution is 5.41. The third kappa shape index (κ3) is 3.39. The molecule has 0 aliphatic rings. The van der Waals surface area contributed by atoms with E-state index in [1.807, 2.05) is 12.1 Å². The van der Waals surface area contributed by atoms with E-state index < -0.39 is 0 Å². The molecule has 1 heterocycles. The molecule has 0 spiro atoms. The van der Waals surface area contributed by atoms with Crippen molar-refractivity contribution < 1.29 is 0 Å². The Balaban J connectivity index is 2.16. The molecule has 2 aromatic rings. The van der Waals surface area contributed by atoms with Crippen LogP contribution in [0.5, 0.6) is 0 Å². The monoisotopic (exact) mass is 255 g/mol. The van der Waals surface area contributed by atoms with Gasteiger partial charge in [-0.2, -0.15) is 5.26 Å². The molecule has 0 radical (unpaired) electrons. The smallest absolute Gasteiger partial charge is 0.0992 e. The standard InChI is InChI=1S/C14H17N5/c1-11(2)8-16-9-14-10-17-18-19(14)13-5-3-4-12(6-13)7-15/h3-6,10-11,16H,8-9H2,1-2H3. The van der Waals surface area contributed by atoms with E-state index in [9.17, 15) is 0 Å². The Morgan fingerprint density at radius 2 is 2.26 bits per heavy atom. The van der Waals surface area contributed by atoms with Crippen molar-refractivity contribution in [1.29, 1.82) is 5.26 Å². The highest BCUT2D eigenvalue weighted by Crippen LogP contribution is 2.11. The zero-order chi connectivity index (χ0) is 13.7. The van der Waals surface area contributed by atoms with Crippen LogP contribution in [0, 0.1) is 17.2 Å². The molecule has 0 fully saturated rings. The summed E-state index contributed by atoms with van der Waals surface area (Å²) in [6.07, 6.45) is 1.74.